The fourth-order valence-electron chi connectivity index (χ4n) is 3.96. The predicted octanol–water partition coefficient (Wildman–Crippen LogP) is 3.23. The maximum Gasteiger partial charge on any atom is 0.000696 e. The molecule has 17 heavy (non-hydrogen) atoms. The normalized spacial score (nSPS) is 27.0. The Bertz CT molecular complexity index is 408. The Morgan fingerprint density at radius 2 is 2.06 bits per heavy atom. The highest BCUT2D eigenvalue weighted by Crippen LogP contribution is 2.43. The van der Waals surface area contributed by atoms with E-state index in [0.29, 0.717) is 0 Å². The van der Waals surface area contributed by atoms with E-state index in [1.54, 1.807) is 16.7 Å². The molecular weight excluding hydrogens is 206 g/mol. The molecule has 0 heterocycles. The van der Waals surface area contributed by atoms with Gasteiger partial charge >= 0.3 is 0 Å². The Hall–Kier alpha value is -0.820. The van der Waals surface area contributed by atoms with Crippen molar-refractivity contribution < 1.29 is 0 Å². The van der Waals surface area contributed by atoms with Crippen molar-refractivity contribution in [2.75, 3.05) is 20.6 Å². The predicted molar refractivity (Wildman–Crippen MR) is 72.5 cm³/mol. The van der Waals surface area contributed by atoms with E-state index in [9.17, 15) is 0 Å². The van der Waals surface area contributed by atoms with Crippen LogP contribution in [0, 0.1) is 5.92 Å². The van der Waals surface area contributed by atoms with Crippen LogP contribution in [0.2, 0.25) is 0 Å². The number of hydrogen-bond donors (Lipinski definition) is 0. The van der Waals surface area contributed by atoms with Crippen LogP contribution in [0.15, 0.2) is 18.2 Å². The fourth-order valence-corrected chi connectivity index (χ4v) is 3.96. The van der Waals surface area contributed by atoms with Gasteiger partial charge in [0.1, 0.15) is 0 Å². The molecule has 0 aromatic heterocycles. The van der Waals surface area contributed by atoms with Gasteiger partial charge < -0.3 is 4.90 Å². The molecular formula is C16H23N. The van der Waals surface area contributed by atoms with Crippen molar-refractivity contribution in [2.45, 2.75) is 38.0 Å². The molecule has 0 N–H and O–H groups in total. The van der Waals surface area contributed by atoms with Crippen LogP contribution in [-0.2, 0) is 12.8 Å². The van der Waals surface area contributed by atoms with E-state index in [1.165, 1.54) is 38.6 Å². The Morgan fingerprint density at radius 3 is 2.88 bits per heavy atom. The van der Waals surface area contributed by atoms with Crippen LogP contribution in [0.1, 0.15) is 41.9 Å². The second-order valence-electron chi connectivity index (χ2n) is 6.15. The molecule has 0 radical (unpaired) electrons. The molecule has 2 atom stereocenters. The lowest BCUT2D eigenvalue weighted by Gasteiger charge is -2.37. The monoisotopic (exact) mass is 229 g/mol. The SMILES string of the molecule is CN(C)CC1Cc2cccc3c2C(CCC3)C1. The molecule has 0 saturated heterocycles. The summed E-state index contributed by atoms with van der Waals surface area (Å²) in [6, 6.07) is 7.00. The molecule has 1 aromatic carbocycles. The zero-order valence-corrected chi connectivity index (χ0v) is 11.1. The molecule has 2 aliphatic carbocycles. The van der Waals surface area contributed by atoms with E-state index in [2.05, 4.69) is 37.2 Å². The lowest BCUT2D eigenvalue weighted by Crippen LogP contribution is -2.30. The lowest BCUT2D eigenvalue weighted by molar-refractivity contribution is 0.276. The van der Waals surface area contributed by atoms with Crippen molar-refractivity contribution in [3.63, 3.8) is 0 Å². The summed E-state index contributed by atoms with van der Waals surface area (Å²) in [6.45, 7) is 1.25. The maximum absolute atomic E-state index is 2.37. The van der Waals surface area contributed by atoms with Gasteiger partial charge in [0.2, 0.25) is 0 Å². The van der Waals surface area contributed by atoms with Crippen molar-refractivity contribution in [1.29, 1.82) is 0 Å². The zero-order chi connectivity index (χ0) is 11.8. The highest BCUT2D eigenvalue weighted by atomic mass is 15.1. The van der Waals surface area contributed by atoms with Gasteiger partial charge in [-0.1, -0.05) is 18.2 Å². The van der Waals surface area contributed by atoms with Crippen LogP contribution in [0.3, 0.4) is 0 Å². The van der Waals surface area contributed by atoms with Crippen LogP contribution >= 0.6 is 0 Å². The Balaban J connectivity index is 1.91. The van der Waals surface area contributed by atoms with Crippen LogP contribution in [-0.4, -0.2) is 25.5 Å². The van der Waals surface area contributed by atoms with Crippen LogP contribution in [0.4, 0.5) is 0 Å². The van der Waals surface area contributed by atoms with Gasteiger partial charge in [-0.2, -0.15) is 0 Å². The van der Waals surface area contributed by atoms with E-state index in [-0.39, 0.29) is 0 Å². The van der Waals surface area contributed by atoms with E-state index in [0.717, 1.165) is 11.8 Å². The van der Waals surface area contributed by atoms with Gasteiger partial charge in [0.05, 0.1) is 0 Å². The summed E-state index contributed by atoms with van der Waals surface area (Å²) in [4.78, 5) is 2.35. The van der Waals surface area contributed by atoms with Gasteiger partial charge in [0, 0.05) is 6.54 Å². The molecule has 1 aromatic rings. The molecule has 92 valence electrons. The number of rotatable bonds is 2. The third-order valence-electron chi connectivity index (χ3n) is 4.44. The first kappa shape index (κ1) is 11.3. The van der Waals surface area contributed by atoms with Crippen molar-refractivity contribution in [3.05, 3.63) is 34.9 Å². The number of nitrogens with zero attached hydrogens (tertiary/aromatic N) is 1. The summed E-state index contributed by atoms with van der Waals surface area (Å²) < 4.78 is 0. The summed E-state index contributed by atoms with van der Waals surface area (Å²) in [5.41, 5.74) is 5.06. The molecule has 1 heteroatoms. The molecule has 0 fully saturated rings. The summed E-state index contributed by atoms with van der Waals surface area (Å²) in [5.74, 6) is 1.74. The molecule has 3 rings (SSSR count). The van der Waals surface area contributed by atoms with Gasteiger partial charge in [0.25, 0.3) is 0 Å². The Kier molecular flexibility index (Phi) is 2.96. The average molecular weight is 229 g/mol. The van der Waals surface area contributed by atoms with Gasteiger partial charge in [-0.05, 0) is 74.7 Å². The maximum atomic E-state index is 2.37. The quantitative estimate of drug-likeness (QED) is 0.752. The lowest BCUT2D eigenvalue weighted by atomic mass is 9.70. The summed E-state index contributed by atoms with van der Waals surface area (Å²) in [5, 5.41) is 0. The highest BCUT2D eigenvalue weighted by Gasteiger charge is 2.30. The van der Waals surface area contributed by atoms with Crippen molar-refractivity contribution >= 4 is 0 Å². The molecule has 0 bridgehead atoms. The number of hydrogen-bond acceptors (Lipinski definition) is 1. The van der Waals surface area contributed by atoms with Gasteiger partial charge in [-0.25, -0.2) is 0 Å². The van der Waals surface area contributed by atoms with Gasteiger partial charge in [-0.3, -0.25) is 0 Å². The van der Waals surface area contributed by atoms with Crippen LogP contribution < -0.4 is 0 Å². The highest BCUT2D eigenvalue weighted by molar-refractivity contribution is 5.41. The topological polar surface area (TPSA) is 3.24 Å². The van der Waals surface area contributed by atoms with E-state index < -0.39 is 0 Å². The summed E-state index contributed by atoms with van der Waals surface area (Å²) in [7, 11) is 4.40. The van der Waals surface area contributed by atoms with E-state index in [1.807, 2.05) is 0 Å². The Labute approximate surface area is 105 Å². The fraction of sp³-hybridized carbons (Fsp3) is 0.625. The van der Waals surface area contributed by atoms with Gasteiger partial charge in [0.15, 0.2) is 0 Å². The first-order chi connectivity index (χ1) is 8.24. The summed E-state index contributed by atoms with van der Waals surface area (Å²) >= 11 is 0. The molecule has 0 spiro atoms. The van der Waals surface area contributed by atoms with E-state index in [4.69, 9.17) is 0 Å². The third-order valence-corrected chi connectivity index (χ3v) is 4.44. The van der Waals surface area contributed by atoms with Crippen LogP contribution in [0.5, 0.6) is 0 Å². The molecule has 2 aliphatic rings. The second kappa shape index (κ2) is 4.45. The average Bonchev–Trinajstić information content (AvgIpc) is 2.28. The minimum atomic E-state index is 0.869. The standard InChI is InChI=1S/C16H23N/c1-17(2)11-12-9-14-7-3-5-13-6-4-8-15(10-12)16(13)14/h3,5,7,12,15H,4,6,8-11H2,1-2H3. The minimum Gasteiger partial charge on any atom is -0.309 e. The van der Waals surface area contributed by atoms with Gasteiger partial charge in [-0.15, -0.1) is 0 Å². The summed E-state index contributed by atoms with van der Waals surface area (Å²) in [6.07, 6.45) is 6.86. The number of benzene rings is 1. The zero-order valence-electron chi connectivity index (χ0n) is 11.1. The molecule has 0 aliphatic heterocycles. The number of aryl methyl sites for hydroxylation is 1. The first-order valence-corrected chi connectivity index (χ1v) is 6.99. The molecule has 0 saturated carbocycles. The molecule has 0 amide bonds. The smallest absolute Gasteiger partial charge is 0.000696 e. The third kappa shape index (κ3) is 2.13. The van der Waals surface area contributed by atoms with Crippen molar-refractivity contribution in [1.82, 2.24) is 4.90 Å². The Morgan fingerprint density at radius 1 is 1.24 bits per heavy atom. The molecule has 1 nitrogen and oxygen atoms in total. The van der Waals surface area contributed by atoms with Crippen molar-refractivity contribution in [3.8, 4) is 0 Å². The van der Waals surface area contributed by atoms with Crippen LogP contribution in [0.25, 0.3) is 0 Å². The second-order valence-corrected chi connectivity index (χ2v) is 6.15. The van der Waals surface area contributed by atoms with Crippen molar-refractivity contribution in [2.24, 2.45) is 5.92 Å². The van der Waals surface area contributed by atoms with E-state index >= 15 is 0 Å². The molecule has 2 unspecified atom stereocenters. The largest absolute Gasteiger partial charge is 0.309 e. The first-order valence-electron chi connectivity index (χ1n) is 6.99. The minimum absolute atomic E-state index is 0.869.